The van der Waals surface area contributed by atoms with Crippen LogP contribution < -0.4 is 9.80 Å². The van der Waals surface area contributed by atoms with Crippen LogP contribution in [0.5, 0.6) is 0 Å². The fourth-order valence-corrected chi connectivity index (χ4v) is 4.94. The second-order valence-corrected chi connectivity index (χ2v) is 9.43. The van der Waals surface area contributed by atoms with Gasteiger partial charge in [-0.3, -0.25) is 14.6 Å². The number of rotatable bonds is 0. The van der Waals surface area contributed by atoms with Gasteiger partial charge < -0.3 is 9.80 Å². The number of fused-ring (bicyclic) bond motifs is 7. The lowest BCUT2D eigenvalue weighted by Gasteiger charge is -2.21. The van der Waals surface area contributed by atoms with Crippen molar-refractivity contribution >= 4 is 29.1 Å². The number of guanidine groups is 1. The normalized spacial score (nSPS) is 17.0. The number of nitrogens with zero attached hydrogens (tertiary/aromatic N) is 6. The Balaban J connectivity index is 1.45. The number of carbonyl (C=O) groups is 2. The molecule has 37 heavy (non-hydrogen) atoms. The molecule has 5 heterocycles. The zero-order chi connectivity index (χ0) is 25.5. The highest BCUT2D eigenvalue weighted by molar-refractivity contribution is 6.20. The summed E-state index contributed by atoms with van der Waals surface area (Å²) in [6.07, 6.45) is 6.02. The third-order valence-electron chi connectivity index (χ3n) is 6.86. The van der Waals surface area contributed by atoms with E-state index in [0.717, 1.165) is 37.2 Å². The van der Waals surface area contributed by atoms with Gasteiger partial charge in [-0.15, -0.1) is 0 Å². The summed E-state index contributed by atoms with van der Waals surface area (Å²) in [5.74, 6) is 0.0571. The first kappa shape index (κ1) is 22.8. The molecule has 2 aromatic carbocycles. The van der Waals surface area contributed by atoms with Gasteiger partial charge in [0.15, 0.2) is 0 Å². The Morgan fingerprint density at radius 2 is 1.65 bits per heavy atom. The first-order valence-electron chi connectivity index (χ1n) is 12.4. The monoisotopic (exact) mass is 490 g/mol. The number of amides is 1. The molecule has 0 N–H and O–H groups in total. The number of pyridine rings is 1. The Morgan fingerprint density at radius 3 is 2.46 bits per heavy atom. The Bertz CT molecular complexity index is 1550. The molecule has 7 rings (SSSR count). The van der Waals surface area contributed by atoms with Crippen molar-refractivity contribution in [3.63, 3.8) is 0 Å². The fourth-order valence-electron chi connectivity index (χ4n) is 4.94. The zero-order valence-corrected chi connectivity index (χ0v) is 20.8. The number of aromatic nitrogens is 3. The van der Waals surface area contributed by atoms with Gasteiger partial charge in [-0.1, -0.05) is 24.3 Å². The molecule has 3 aliphatic rings. The molecule has 0 saturated heterocycles. The van der Waals surface area contributed by atoms with Gasteiger partial charge in [0.2, 0.25) is 5.96 Å². The molecular formula is C29H26N6O2. The van der Waals surface area contributed by atoms with Gasteiger partial charge in [-0.25, -0.2) is 4.68 Å². The minimum absolute atomic E-state index is 0.214. The number of aliphatic imine (C=N–C) groups is 1. The molecule has 0 atom stereocenters. The molecule has 6 bridgehead atoms. The third-order valence-corrected chi connectivity index (χ3v) is 6.86. The molecule has 8 nitrogen and oxygen atoms in total. The molecule has 3 aliphatic heterocycles. The van der Waals surface area contributed by atoms with E-state index in [1.807, 2.05) is 61.3 Å². The SMILES string of the molecule is Cc1cc2cc(n1)-c1cnn(c1)C(=O)c1ccc(cc1)CCCCN1/C(=N/C2=O)N(C)c2ccccc21. The van der Waals surface area contributed by atoms with Crippen LogP contribution in [0.4, 0.5) is 11.4 Å². The molecule has 0 spiro atoms. The minimum Gasteiger partial charge on any atom is -0.313 e. The molecule has 184 valence electrons. The van der Waals surface area contributed by atoms with Crippen molar-refractivity contribution in [2.75, 3.05) is 23.4 Å². The first-order chi connectivity index (χ1) is 18.0. The Kier molecular flexibility index (Phi) is 5.64. The van der Waals surface area contributed by atoms with E-state index in [4.69, 9.17) is 0 Å². The topological polar surface area (TPSA) is 83.7 Å². The largest absolute Gasteiger partial charge is 0.313 e. The van der Waals surface area contributed by atoms with Gasteiger partial charge in [0.1, 0.15) is 0 Å². The molecule has 2 aromatic heterocycles. The lowest BCUT2D eigenvalue weighted by atomic mass is 10.1. The average Bonchev–Trinajstić information content (AvgIpc) is 3.50. The van der Waals surface area contributed by atoms with Crippen LogP contribution in [0.15, 0.2) is 78.0 Å². The van der Waals surface area contributed by atoms with Gasteiger partial charge in [0.05, 0.1) is 23.3 Å². The van der Waals surface area contributed by atoms with Crippen molar-refractivity contribution in [1.82, 2.24) is 14.8 Å². The van der Waals surface area contributed by atoms with Crippen LogP contribution in [0, 0.1) is 6.92 Å². The number of carbonyl (C=O) groups excluding carboxylic acids is 2. The molecule has 8 heteroatoms. The fraction of sp³-hybridized carbons (Fsp3) is 0.207. The van der Waals surface area contributed by atoms with E-state index in [2.05, 4.69) is 26.0 Å². The maximum atomic E-state index is 13.5. The van der Waals surface area contributed by atoms with Crippen molar-refractivity contribution < 1.29 is 9.59 Å². The zero-order valence-electron chi connectivity index (χ0n) is 20.8. The minimum atomic E-state index is -0.342. The van der Waals surface area contributed by atoms with Gasteiger partial charge in [-0.2, -0.15) is 10.1 Å². The number of hydrogen-bond acceptors (Lipinski definition) is 6. The Labute approximate surface area is 214 Å². The predicted molar refractivity (Wildman–Crippen MR) is 143 cm³/mol. The maximum Gasteiger partial charge on any atom is 0.280 e. The second kappa shape index (κ2) is 9.13. The number of aryl methyl sites for hydroxylation is 2. The summed E-state index contributed by atoms with van der Waals surface area (Å²) in [7, 11) is 1.94. The van der Waals surface area contributed by atoms with Crippen LogP contribution in [-0.4, -0.2) is 46.1 Å². The smallest absolute Gasteiger partial charge is 0.280 e. The molecule has 0 saturated carbocycles. The van der Waals surface area contributed by atoms with Gasteiger partial charge in [0, 0.05) is 42.2 Å². The highest BCUT2D eigenvalue weighted by Gasteiger charge is 2.30. The lowest BCUT2D eigenvalue weighted by molar-refractivity contribution is 0.0944. The van der Waals surface area contributed by atoms with Crippen molar-refractivity contribution in [1.29, 1.82) is 0 Å². The van der Waals surface area contributed by atoms with Crippen LogP contribution in [0.25, 0.3) is 11.3 Å². The Morgan fingerprint density at radius 1 is 0.865 bits per heavy atom. The van der Waals surface area contributed by atoms with Crippen molar-refractivity contribution in [3.05, 3.63) is 95.4 Å². The molecule has 0 fully saturated rings. The van der Waals surface area contributed by atoms with Crippen LogP contribution in [-0.2, 0) is 6.42 Å². The van der Waals surface area contributed by atoms with E-state index in [1.165, 1.54) is 10.2 Å². The lowest BCUT2D eigenvalue weighted by Crippen LogP contribution is -2.37. The average molecular weight is 491 g/mol. The Hall–Kier alpha value is -4.59. The highest BCUT2D eigenvalue weighted by atomic mass is 16.2. The van der Waals surface area contributed by atoms with E-state index in [1.54, 1.807) is 24.5 Å². The van der Waals surface area contributed by atoms with E-state index < -0.39 is 0 Å². The summed E-state index contributed by atoms with van der Waals surface area (Å²) in [5.41, 5.74) is 6.15. The molecule has 4 aromatic rings. The molecule has 1 amide bonds. The van der Waals surface area contributed by atoms with Crippen molar-refractivity contribution in [3.8, 4) is 11.3 Å². The summed E-state index contributed by atoms with van der Waals surface area (Å²) in [5, 5.41) is 4.27. The summed E-state index contributed by atoms with van der Waals surface area (Å²) < 4.78 is 1.31. The summed E-state index contributed by atoms with van der Waals surface area (Å²) >= 11 is 0. The predicted octanol–water partition coefficient (Wildman–Crippen LogP) is 4.73. The summed E-state index contributed by atoms with van der Waals surface area (Å²) in [4.78, 5) is 39.7. The maximum absolute atomic E-state index is 13.5. The van der Waals surface area contributed by atoms with Crippen LogP contribution in [0.2, 0.25) is 0 Å². The van der Waals surface area contributed by atoms with Crippen LogP contribution >= 0.6 is 0 Å². The van der Waals surface area contributed by atoms with Crippen molar-refractivity contribution in [2.45, 2.75) is 26.2 Å². The number of para-hydroxylation sites is 2. The van der Waals surface area contributed by atoms with Crippen LogP contribution in [0.3, 0.4) is 0 Å². The van der Waals surface area contributed by atoms with E-state index >= 15 is 0 Å². The van der Waals surface area contributed by atoms with E-state index in [-0.39, 0.29) is 11.8 Å². The van der Waals surface area contributed by atoms with Crippen molar-refractivity contribution in [2.24, 2.45) is 4.99 Å². The van der Waals surface area contributed by atoms with Crippen LogP contribution in [0.1, 0.15) is 44.8 Å². The highest BCUT2D eigenvalue weighted by Crippen LogP contribution is 2.36. The second-order valence-electron chi connectivity index (χ2n) is 9.43. The number of hydrogen-bond donors (Lipinski definition) is 0. The number of benzene rings is 2. The standard InChI is InChI=1S/C29H26N6O2/c1-19-15-22-16-24(31-19)23-17-30-35(18-23)28(37)21-12-10-20(11-13-21)7-5-6-14-34-26-9-4-3-8-25(26)33(2)29(34)32-27(22)36/h3-4,8-13,15-18H,5-7,14H2,1-2H3/b32-29+. The number of anilines is 2. The molecular weight excluding hydrogens is 464 g/mol. The third kappa shape index (κ3) is 4.20. The molecule has 0 aliphatic carbocycles. The molecule has 0 radical (unpaired) electrons. The summed E-state index contributed by atoms with van der Waals surface area (Å²) in [6.45, 7) is 2.58. The van der Waals surface area contributed by atoms with Gasteiger partial charge in [-0.05, 0) is 68.1 Å². The van der Waals surface area contributed by atoms with Gasteiger partial charge in [0.25, 0.3) is 11.8 Å². The summed E-state index contributed by atoms with van der Waals surface area (Å²) in [6, 6.07) is 19.3. The quantitative estimate of drug-likeness (QED) is 0.354. The van der Waals surface area contributed by atoms with E-state index in [9.17, 15) is 9.59 Å². The van der Waals surface area contributed by atoms with E-state index in [0.29, 0.717) is 34.0 Å². The first-order valence-corrected chi connectivity index (χ1v) is 12.4. The molecule has 0 unspecified atom stereocenters. The van der Waals surface area contributed by atoms with Gasteiger partial charge >= 0.3 is 0 Å².